The molecule has 0 heterocycles. The second-order valence-electron chi connectivity index (χ2n) is 6.69. The minimum absolute atomic E-state index is 0.0449. The van der Waals surface area contributed by atoms with Crippen molar-refractivity contribution >= 4 is 5.91 Å². The van der Waals surface area contributed by atoms with Gasteiger partial charge in [-0.1, -0.05) is 68.4 Å². The van der Waals surface area contributed by atoms with Crippen molar-refractivity contribution in [1.82, 2.24) is 5.32 Å². The van der Waals surface area contributed by atoms with Gasteiger partial charge in [0.15, 0.2) is 0 Å². The summed E-state index contributed by atoms with van der Waals surface area (Å²) in [4.78, 5) is 12.8. The SMILES string of the molecule is Cc1ccccc1C(CC(C)C)NC(=O)C(CO)c1ccccc1. The maximum Gasteiger partial charge on any atom is 0.230 e. The molecule has 2 aromatic carbocycles. The summed E-state index contributed by atoms with van der Waals surface area (Å²) in [6.45, 7) is 6.17. The molecule has 0 radical (unpaired) electrons. The second kappa shape index (κ2) is 8.65. The van der Waals surface area contributed by atoms with E-state index < -0.39 is 5.92 Å². The second-order valence-corrected chi connectivity index (χ2v) is 6.69. The van der Waals surface area contributed by atoms with Gasteiger partial charge >= 0.3 is 0 Å². The lowest BCUT2D eigenvalue weighted by Gasteiger charge is -2.25. The van der Waals surface area contributed by atoms with Gasteiger partial charge in [-0.15, -0.1) is 0 Å². The Morgan fingerprint density at radius 1 is 1.04 bits per heavy atom. The van der Waals surface area contributed by atoms with Crippen molar-refractivity contribution in [3.63, 3.8) is 0 Å². The number of amides is 1. The van der Waals surface area contributed by atoms with Crippen molar-refractivity contribution in [1.29, 1.82) is 0 Å². The van der Waals surface area contributed by atoms with Crippen LogP contribution >= 0.6 is 0 Å². The van der Waals surface area contributed by atoms with Crippen LogP contribution in [0.2, 0.25) is 0 Å². The van der Waals surface area contributed by atoms with E-state index in [0.717, 1.165) is 17.5 Å². The summed E-state index contributed by atoms with van der Waals surface area (Å²) in [7, 11) is 0. The van der Waals surface area contributed by atoms with Gasteiger partial charge in [-0.2, -0.15) is 0 Å². The molecular formula is C21H27NO2. The third-order valence-electron chi connectivity index (χ3n) is 4.29. The van der Waals surface area contributed by atoms with E-state index in [0.29, 0.717) is 5.92 Å². The van der Waals surface area contributed by atoms with Gasteiger partial charge < -0.3 is 10.4 Å². The van der Waals surface area contributed by atoms with Crippen molar-refractivity contribution in [3.8, 4) is 0 Å². The molecule has 2 aromatic rings. The number of hydrogen-bond acceptors (Lipinski definition) is 2. The first-order valence-corrected chi connectivity index (χ1v) is 8.54. The first kappa shape index (κ1) is 18.2. The number of aliphatic hydroxyl groups excluding tert-OH is 1. The summed E-state index contributed by atoms with van der Waals surface area (Å²) in [5.41, 5.74) is 3.15. The van der Waals surface area contributed by atoms with E-state index >= 15 is 0 Å². The van der Waals surface area contributed by atoms with Crippen LogP contribution in [0, 0.1) is 12.8 Å². The highest BCUT2D eigenvalue weighted by Crippen LogP contribution is 2.26. The zero-order chi connectivity index (χ0) is 17.5. The number of aliphatic hydroxyl groups is 1. The highest BCUT2D eigenvalue weighted by atomic mass is 16.3. The molecule has 3 heteroatoms. The third-order valence-corrected chi connectivity index (χ3v) is 4.29. The molecule has 128 valence electrons. The molecular weight excluding hydrogens is 298 g/mol. The maximum absolute atomic E-state index is 12.8. The van der Waals surface area contributed by atoms with Gasteiger partial charge in [0.1, 0.15) is 0 Å². The van der Waals surface area contributed by atoms with E-state index in [2.05, 4.69) is 38.2 Å². The summed E-state index contributed by atoms with van der Waals surface area (Å²) in [6, 6.07) is 17.5. The van der Waals surface area contributed by atoms with Crippen LogP contribution in [-0.2, 0) is 4.79 Å². The van der Waals surface area contributed by atoms with Gasteiger partial charge in [0, 0.05) is 0 Å². The van der Waals surface area contributed by atoms with Crippen molar-refractivity contribution in [2.24, 2.45) is 5.92 Å². The quantitative estimate of drug-likeness (QED) is 0.809. The van der Waals surface area contributed by atoms with E-state index in [9.17, 15) is 9.90 Å². The fourth-order valence-electron chi connectivity index (χ4n) is 3.01. The number of benzene rings is 2. The molecule has 0 fully saturated rings. The summed E-state index contributed by atoms with van der Waals surface area (Å²) in [5, 5.41) is 12.9. The van der Waals surface area contributed by atoms with Crippen molar-refractivity contribution < 1.29 is 9.90 Å². The minimum atomic E-state index is -0.537. The van der Waals surface area contributed by atoms with Gasteiger partial charge in [-0.05, 0) is 36.0 Å². The molecule has 0 aromatic heterocycles. The van der Waals surface area contributed by atoms with Crippen molar-refractivity contribution in [2.45, 2.75) is 39.2 Å². The minimum Gasteiger partial charge on any atom is -0.395 e. The van der Waals surface area contributed by atoms with Gasteiger partial charge in [0.2, 0.25) is 5.91 Å². The topological polar surface area (TPSA) is 49.3 Å². The van der Waals surface area contributed by atoms with E-state index in [4.69, 9.17) is 0 Å². The first-order valence-electron chi connectivity index (χ1n) is 8.54. The third kappa shape index (κ3) is 4.68. The number of rotatable bonds is 7. The van der Waals surface area contributed by atoms with Crippen molar-refractivity contribution in [2.75, 3.05) is 6.61 Å². The molecule has 1 amide bonds. The molecule has 3 nitrogen and oxygen atoms in total. The molecule has 0 spiro atoms. The molecule has 24 heavy (non-hydrogen) atoms. The average molecular weight is 325 g/mol. The first-order chi connectivity index (χ1) is 11.5. The summed E-state index contributed by atoms with van der Waals surface area (Å²) in [5.74, 6) is -0.207. The van der Waals surface area contributed by atoms with Crippen LogP contribution in [0.25, 0.3) is 0 Å². The molecule has 0 bridgehead atoms. The van der Waals surface area contributed by atoms with Crippen molar-refractivity contribution in [3.05, 3.63) is 71.3 Å². The predicted octanol–water partition coefficient (Wildman–Crippen LogP) is 3.97. The number of carbonyl (C=O) groups excluding carboxylic acids is 1. The fraction of sp³-hybridized carbons (Fsp3) is 0.381. The van der Waals surface area contributed by atoms with Gasteiger partial charge in [-0.3, -0.25) is 4.79 Å². The zero-order valence-electron chi connectivity index (χ0n) is 14.7. The monoisotopic (exact) mass is 325 g/mol. The fourth-order valence-corrected chi connectivity index (χ4v) is 3.01. The molecule has 0 aliphatic heterocycles. The molecule has 0 aliphatic carbocycles. The highest BCUT2D eigenvalue weighted by molar-refractivity contribution is 5.84. The van der Waals surface area contributed by atoms with Gasteiger partial charge in [-0.25, -0.2) is 0 Å². The Labute approximate surface area is 144 Å². The van der Waals surface area contributed by atoms with Crippen LogP contribution in [0.15, 0.2) is 54.6 Å². The smallest absolute Gasteiger partial charge is 0.230 e. The van der Waals surface area contributed by atoms with E-state index in [1.54, 1.807) is 0 Å². The number of carbonyl (C=O) groups is 1. The number of hydrogen-bond donors (Lipinski definition) is 2. The van der Waals surface area contributed by atoms with E-state index in [1.165, 1.54) is 5.56 Å². The van der Waals surface area contributed by atoms with E-state index in [-0.39, 0.29) is 18.6 Å². The van der Waals surface area contributed by atoms with Crippen LogP contribution in [-0.4, -0.2) is 17.6 Å². The molecule has 2 unspecified atom stereocenters. The standard InChI is InChI=1S/C21H27NO2/c1-15(2)13-20(18-12-8-7-9-16(18)3)22-21(24)19(14-23)17-10-5-4-6-11-17/h4-12,15,19-20,23H,13-14H2,1-3H3,(H,22,24). The van der Waals surface area contributed by atoms with Crippen LogP contribution in [0.5, 0.6) is 0 Å². The number of aryl methyl sites for hydroxylation is 1. The zero-order valence-corrected chi connectivity index (χ0v) is 14.7. The highest BCUT2D eigenvalue weighted by Gasteiger charge is 2.24. The lowest BCUT2D eigenvalue weighted by atomic mass is 9.92. The Morgan fingerprint density at radius 2 is 1.67 bits per heavy atom. The summed E-state index contributed by atoms with van der Waals surface area (Å²) < 4.78 is 0. The Morgan fingerprint density at radius 3 is 2.25 bits per heavy atom. The van der Waals surface area contributed by atoms with Gasteiger partial charge in [0.25, 0.3) is 0 Å². The Bertz CT molecular complexity index is 652. The van der Waals surface area contributed by atoms with Crippen LogP contribution in [0.4, 0.5) is 0 Å². The average Bonchev–Trinajstić information content (AvgIpc) is 2.56. The predicted molar refractivity (Wildman–Crippen MR) is 97.8 cm³/mol. The normalized spacial score (nSPS) is 13.5. The number of nitrogens with one attached hydrogen (secondary N) is 1. The molecule has 0 aliphatic rings. The Kier molecular flexibility index (Phi) is 6.56. The lowest BCUT2D eigenvalue weighted by molar-refractivity contribution is -0.124. The Hall–Kier alpha value is -2.13. The molecule has 0 saturated heterocycles. The molecule has 2 atom stereocenters. The molecule has 2 N–H and O–H groups in total. The van der Waals surface area contributed by atoms with Crippen LogP contribution < -0.4 is 5.32 Å². The maximum atomic E-state index is 12.8. The van der Waals surface area contributed by atoms with Gasteiger partial charge in [0.05, 0.1) is 18.6 Å². The lowest BCUT2D eigenvalue weighted by Crippen LogP contribution is -2.35. The van der Waals surface area contributed by atoms with Crippen LogP contribution in [0.1, 0.15) is 48.9 Å². The van der Waals surface area contributed by atoms with Crippen LogP contribution in [0.3, 0.4) is 0 Å². The largest absolute Gasteiger partial charge is 0.395 e. The molecule has 2 rings (SSSR count). The Balaban J connectivity index is 2.22. The summed E-state index contributed by atoms with van der Waals surface area (Å²) in [6.07, 6.45) is 0.865. The molecule has 0 saturated carbocycles. The van der Waals surface area contributed by atoms with E-state index in [1.807, 2.05) is 42.5 Å². The summed E-state index contributed by atoms with van der Waals surface area (Å²) >= 11 is 0.